The van der Waals surface area contributed by atoms with E-state index in [0.29, 0.717) is 25.0 Å². The quantitative estimate of drug-likeness (QED) is 0.489. The van der Waals surface area contributed by atoms with Gasteiger partial charge in [0.2, 0.25) is 5.91 Å². The fourth-order valence-electron chi connectivity index (χ4n) is 3.51. The van der Waals surface area contributed by atoms with E-state index in [4.69, 9.17) is 19.4 Å². The molecule has 2 saturated heterocycles. The molecule has 0 spiro atoms. The summed E-state index contributed by atoms with van der Waals surface area (Å²) in [6.45, 7) is 9.47. The fraction of sp³-hybridized carbons (Fsp3) is 0.778. The van der Waals surface area contributed by atoms with E-state index in [0.717, 1.165) is 45.6 Å². The van der Waals surface area contributed by atoms with Crippen LogP contribution in [0.5, 0.6) is 0 Å². The van der Waals surface area contributed by atoms with Crippen LogP contribution >= 0.6 is 0 Å². The molecule has 1 amide bonds. The Morgan fingerprint density at radius 1 is 1.39 bits per heavy atom. The summed E-state index contributed by atoms with van der Waals surface area (Å²) >= 11 is 0. The van der Waals surface area contributed by atoms with Gasteiger partial charge >= 0.3 is 12.1 Å². The molecular weight excluding hydrogens is 381 g/mol. The van der Waals surface area contributed by atoms with E-state index in [1.807, 2.05) is 0 Å². The smallest absolute Gasteiger partial charge is 0.475 e. The van der Waals surface area contributed by atoms with Gasteiger partial charge in [-0.05, 0) is 31.8 Å². The van der Waals surface area contributed by atoms with E-state index in [9.17, 15) is 18.0 Å². The first-order chi connectivity index (χ1) is 13.2. The number of nitrogens with one attached hydrogen (secondary N) is 1. The Bertz CT molecular complexity index is 516. The number of carboxylic acids is 1. The Balaban J connectivity index is 0.000000480. The normalized spacial score (nSPS) is 25.6. The van der Waals surface area contributed by atoms with E-state index in [1.54, 1.807) is 13.2 Å². The number of piperidine rings is 1. The number of carbonyl (C=O) groups is 2. The molecule has 0 unspecified atom stereocenters. The van der Waals surface area contributed by atoms with Gasteiger partial charge < -0.3 is 24.8 Å². The van der Waals surface area contributed by atoms with E-state index in [1.165, 1.54) is 0 Å². The highest BCUT2D eigenvalue weighted by atomic mass is 19.4. The maximum absolute atomic E-state index is 12.2. The average Bonchev–Trinajstić information content (AvgIpc) is 2.85. The van der Waals surface area contributed by atoms with Crippen LogP contribution in [0.3, 0.4) is 0 Å². The van der Waals surface area contributed by atoms with Crippen LogP contribution in [0, 0.1) is 17.8 Å². The molecule has 2 heterocycles. The van der Waals surface area contributed by atoms with Gasteiger partial charge in [-0.1, -0.05) is 6.08 Å². The third kappa shape index (κ3) is 8.15. The van der Waals surface area contributed by atoms with E-state index in [-0.39, 0.29) is 11.8 Å². The predicted octanol–water partition coefficient (Wildman–Crippen LogP) is 1.54. The lowest BCUT2D eigenvalue weighted by molar-refractivity contribution is -0.192. The van der Waals surface area contributed by atoms with Gasteiger partial charge in [0.05, 0.1) is 19.8 Å². The Hall–Kier alpha value is -1.65. The van der Waals surface area contributed by atoms with Crippen molar-refractivity contribution in [2.24, 2.45) is 17.8 Å². The molecule has 7 nitrogen and oxygen atoms in total. The molecule has 2 aliphatic rings. The summed E-state index contributed by atoms with van der Waals surface area (Å²) in [5.41, 5.74) is 0. The highest BCUT2D eigenvalue weighted by molar-refractivity contribution is 5.79. The second-order valence-corrected chi connectivity index (χ2v) is 6.82. The first-order valence-corrected chi connectivity index (χ1v) is 9.18. The average molecular weight is 410 g/mol. The highest BCUT2D eigenvalue weighted by Gasteiger charge is 2.40. The molecule has 0 aromatic heterocycles. The van der Waals surface area contributed by atoms with Crippen LogP contribution in [-0.2, 0) is 19.1 Å². The third-order valence-corrected chi connectivity index (χ3v) is 4.95. The molecule has 2 aliphatic heterocycles. The molecule has 2 fully saturated rings. The monoisotopic (exact) mass is 410 g/mol. The Kier molecular flexibility index (Phi) is 10.5. The molecule has 162 valence electrons. The SMILES string of the molecule is C=CCOC[C@H]1CNC(=O)[C@@H]2CCN(CCOC)CC[C@H]12.O=C(O)C(F)(F)F. The molecule has 0 aromatic carbocycles. The van der Waals surface area contributed by atoms with Crippen molar-refractivity contribution in [2.45, 2.75) is 19.0 Å². The van der Waals surface area contributed by atoms with Crippen molar-refractivity contribution in [3.8, 4) is 0 Å². The molecule has 0 bridgehead atoms. The van der Waals surface area contributed by atoms with Crippen molar-refractivity contribution >= 4 is 11.9 Å². The number of hydrogen-bond donors (Lipinski definition) is 2. The van der Waals surface area contributed by atoms with E-state index in [2.05, 4.69) is 16.8 Å². The van der Waals surface area contributed by atoms with Gasteiger partial charge in [-0.3, -0.25) is 4.79 Å². The number of hydrogen-bond acceptors (Lipinski definition) is 5. The number of fused-ring (bicyclic) bond motifs is 1. The Labute approximate surface area is 162 Å². The number of likely N-dealkylation sites (tertiary alicyclic amines) is 1. The van der Waals surface area contributed by atoms with Gasteiger partial charge in [0.1, 0.15) is 0 Å². The molecule has 0 saturated carbocycles. The van der Waals surface area contributed by atoms with Crippen molar-refractivity contribution in [3.63, 3.8) is 0 Å². The number of carbonyl (C=O) groups excluding carboxylic acids is 1. The lowest BCUT2D eigenvalue weighted by Crippen LogP contribution is -2.49. The summed E-state index contributed by atoms with van der Waals surface area (Å²) in [6, 6.07) is 0. The number of alkyl halides is 3. The summed E-state index contributed by atoms with van der Waals surface area (Å²) in [6.07, 6.45) is -1.29. The molecule has 2 rings (SSSR count). The molecule has 0 radical (unpaired) electrons. The number of carboxylic acid groups (broad SMARTS) is 1. The first kappa shape index (κ1) is 24.4. The number of halogens is 3. The number of aliphatic carboxylic acids is 1. The van der Waals surface area contributed by atoms with Gasteiger partial charge in [0.15, 0.2) is 0 Å². The lowest BCUT2D eigenvalue weighted by Gasteiger charge is -2.36. The number of amides is 1. The summed E-state index contributed by atoms with van der Waals surface area (Å²) in [5, 5.41) is 10.2. The van der Waals surface area contributed by atoms with Crippen LogP contribution in [0.25, 0.3) is 0 Å². The summed E-state index contributed by atoms with van der Waals surface area (Å²) in [4.78, 5) is 23.5. The third-order valence-electron chi connectivity index (χ3n) is 4.95. The van der Waals surface area contributed by atoms with Crippen molar-refractivity contribution in [3.05, 3.63) is 12.7 Å². The van der Waals surface area contributed by atoms with Crippen LogP contribution < -0.4 is 5.32 Å². The number of rotatable bonds is 7. The summed E-state index contributed by atoms with van der Waals surface area (Å²) in [5.74, 6) is -1.52. The maximum Gasteiger partial charge on any atom is 0.490 e. The summed E-state index contributed by atoms with van der Waals surface area (Å²) < 4.78 is 42.5. The maximum atomic E-state index is 12.2. The molecule has 2 N–H and O–H groups in total. The lowest BCUT2D eigenvalue weighted by atomic mass is 9.75. The zero-order valence-electron chi connectivity index (χ0n) is 16.0. The predicted molar refractivity (Wildman–Crippen MR) is 95.7 cm³/mol. The molecule has 0 aromatic rings. The van der Waals surface area contributed by atoms with Crippen molar-refractivity contribution in [1.29, 1.82) is 0 Å². The highest BCUT2D eigenvalue weighted by Crippen LogP contribution is 2.33. The standard InChI is InChI=1S/C16H28N2O3.C2HF3O2/c1-3-9-21-12-13-11-17-16(19)15-5-7-18(8-10-20-2)6-4-14(13)15;3-2(4,5)1(6)7/h3,13-15H,1,4-12H2,2H3,(H,17,19);(H,6,7)/t13-,14-,15-;/m1./s1. The van der Waals surface area contributed by atoms with Crippen LogP contribution in [0.15, 0.2) is 12.7 Å². The van der Waals surface area contributed by atoms with E-state index >= 15 is 0 Å². The van der Waals surface area contributed by atoms with Gasteiger partial charge in [0.25, 0.3) is 0 Å². The molecule has 3 atom stereocenters. The van der Waals surface area contributed by atoms with Crippen molar-refractivity contribution < 1.29 is 37.3 Å². The zero-order valence-corrected chi connectivity index (χ0v) is 16.0. The number of nitrogens with zero attached hydrogens (tertiary/aromatic N) is 1. The van der Waals surface area contributed by atoms with Gasteiger partial charge in [-0.2, -0.15) is 13.2 Å². The van der Waals surface area contributed by atoms with Crippen molar-refractivity contribution in [2.75, 3.05) is 53.1 Å². The molecule has 28 heavy (non-hydrogen) atoms. The first-order valence-electron chi connectivity index (χ1n) is 9.18. The minimum absolute atomic E-state index is 0.142. The summed E-state index contributed by atoms with van der Waals surface area (Å²) in [7, 11) is 1.73. The zero-order chi connectivity index (χ0) is 21.2. The molecule has 0 aliphatic carbocycles. The van der Waals surface area contributed by atoms with Gasteiger partial charge in [-0.25, -0.2) is 4.79 Å². The van der Waals surface area contributed by atoms with E-state index < -0.39 is 12.1 Å². The Morgan fingerprint density at radius 2 is 2.04 bits per heavy atom. The topological polar surface area (TPSA) is 88.1 Å². The molecular formula is C18H29F3N2O5. The Morgan fingerprint density at radius 3 is 2.61 bits per heavy atom. The van der Waals surface area contributed by atoms with Gasteiger partial charge in [0, 0.05) is 32.0 Å². The molecule has 10 heteroatoms. The fourth-order valence-corrected chi connectivity index (χ4v) is 3.51. The largest absolute Gasteiger partial charge is 0.490 e. The van der Waals surface area contributed by atoms with Crippen LogP contribution in [-0.4, -0.2) is 81.2 Å². The number of methoxy groups -OCH3 is 1. The van der Waals surface area contributed by atoms with Crippen molar-refractivity contribution in [1.82, 2.24) is 10.2 Å². The minimum Gasteiger partial charge on any atom is -0.475 e. The second kappa shape index (κ2) is 12.0. The van der Waals surface area contributed by atoms with Crippen LogP contribution in [0.1, 0.15) is 12.8 Å². The number of ether oxygens (including phenoxy) is 2. The second-order valence-electron chi connectivity index (χ2n) is 6.82. The van der Waals surface area contributed by atoms with Crippen LogP contribution in [0.4, 0.5) is 13.2 Å². The van der Waals surface area contributed by atoms with Crippen LogP contribution in [0.2, 0.25) is 0 Å². The van der Waals surface area contributed by atoms with Gasteiger partial charge in [-0.15, -0.1) is 6.58 Å². The minimum atomic E-state index is -5.08.